The number of ketones is 1. The Morgan fingerprint density at radius 3 is 2.88 bits per heavy atom. The van der Waals surface area contributed by atoms with Gasteiger partial charge in [0.25, 0.3) is 0 Å². The topological polar surface area (TPSA) is 63.6 Å². The van der Waals surface area contributed by atoms with E-state index in [0.29, 0.717) is 29.7 Å². The van der Waals surface area contributed by atoms with Crippen LogP contribution < -0.4 is 4.74 Å². The predicted octanol–water partition coefficient (Wildman–Crippen LogP) is 1.84. The van der Waals surface area contributed by atoms with Gasteiger partial charge in [-0.05, 0) is 30.2 Å². The Morgan fingerprint density at radius 1 is 1.50 bits per heavy atom. The molecule has 84 valence electrons. The molecule has 1 aromatic carbocycles. The molecule has 0 heterocycles. The van der Waals surface area contributed by atoms with Crippen LogP contribution in [0.5, 0.6) is 5.75 Å². The van der Waals surface area contributed by atoms with Gasteiger partial charge in [-0.3, -0.25) is 9.59 Å². The molecule has 2 rings (SSSR count). The summed E-state index contributed by atoms with van der Waals surface area (Å²) in [4.78, 5) is 22.7. The smallest absolute Gasteiger partial charge is 0.311 e. The molecule has 0 saturated heterocycles. The standard InChI is InChI=1S/C12H12O4/c1-16-7-2-3-8-10(6-7)9(12(14)15)4-5-11(8)13/h2-3,6,9H,4-5H2,1H3,(H,14,15). The van der Waals surface area contributed by atoms with E-state index in [4.69, 9.17) is 9.84 Å². The fourth-order valence-corrected chi connectivity index (χ4v) is 2.03. The highest BCUT2D eigenvalue weighted by Gasteiger charge is 2.30. The summed E-state index contributed by atoms with van der Waals surface area (Å²) >= 11 is 0. The number of aliphatic carboxylic acids is 1. The first-order chi connectivity index (χ1) is 7.63. The van der Waals surface area contributed by atoms with Crippen LogP contribution in [-0.4, -0.2) is 24.0 Å². The minimum Gasteiger partial charge on any atom is -0.497 e. The number of hydrogen-bond acceptors (Lipinski definition) is 3. The van der Waals surface area contributed by atoms with E-state index in [1.54, 1.807) is 18.2 Å². The van der Waals surface area contributed by atoms with Gasteiger partial charge < -0.3 is 9.84 Å². The third kappa shape index (κ3) is 1.66. The van der Waals surface area contributed by atoms with E-state index in [1.165, 1.54) is 7.11 Å². The Bertz CT molecular complexity index is 450. The first kappa shape index (κ1) is 10.7. The number of carboxylic acid groups (broad SMARTS) is 1. The second-order valence-electron chi connectivity index (χ2n) is 3.81. The number of hydrogen-bond donors (Lipinski definition) is 1. The van der Waals surface area contributed by atoms with E-state index < -0.39 is 11.9 Å². The third-order valence-electron chi connectivity index (χ3n) is 2.89. The zero-order chi connectivity index (χ0) is 11.7. The summed E-state index contributed by atoms with van der Waals surface area (Å²) < 4.78 is 5.04. The van der Waals surface area contributed by atoms with Crippen molar-refractivity contribution in [1.29, 1.82) is 0 Å². The Morgan fingerprint density at radius 2 is 2.25 bits per heavy atom. The number of fused-ring (bicyclic) bond motifs is 1. The quantitative estimate of drug-likeness (QED) is 0.825. The van der Waals surface area contributed by atoms with Gasteiger partial charge in [-0.1, -0.05) is 0 Å². The van der Waals surface area contributed by atoms with E-state index >= 15 is 0 Å². The van der Waals surface area contributed by atoms with Crippen LogP contribution >= 0.6 is 0 Å². The van der Waals surface area contributed by atoms with Crippen molar-refractivity contribution in [3.63, 3.8) is 0 Å². The second kappa shape index (κ2) is 3.96. The van der Waals surface area contributed by atoms with E-state index in [2.05, 4.69) is 0 Å². The van der Waals surface area contributed by atoms with Crippen LogP contribution in [0.2, 0.25) is 0 Å². The molecule has 1 aromatic rings. The van der Waals surface area contributed by atoms with E-state index in [1.807, 2.05) is 0 Å². The lowest BCUT2D eigenvalue weighted by molar-refractivity contribution is -0.139. The minimum atomic E-state index is -0.887. The van der Waals surface area contributed by atoms with Gasteiger partial charge in [0.15, 0.2) is 5.78 Å². The Kier molecular flexibility index (Phi) is 2.64. The number of ether oxygens (including phenoxy) is 1. The molecule has 0 aliphatic heterocycles. The summed E-state index contributed by atoms with van der Waals surface area (Å²) in [6.45, 7) is 0. The zero-order valence-electron chi connectivity index (χ0n) is 8.90. The number of carbonyl (C=O) groups is 2. The predicted molar refractivity (Wildman–Crippen MR) is 56.9 cm³/mol. The molecule has 1 unspecified atom stereocenters. The molecule has 0 fully saturated rings. The summed E-state index contributed by atoms with van der Waals surface area (Å²) in [6, 6.07) is 4.97. The van der Waals surface area contributed by atoms with E-state index in [0.717, 1.165) is 0 Å². The van der Waals surface area contributed by atoms with Gasteiger partial charge >= 0.3 is 5.97 Å². The molecule has 1 N–H and O–H groups in total. The van der Waals surface area contributed by atoms with Crippen molar-refractivity contribution < 1.29 is 19.4 Å². The monoisotopic (exact) mass is 220 g/mol. The van der Waals surface area contributed by atoms with E-state index in [-0.39, 0.29) is 5.78 Å². The zero-order valence-corrected chi connectivity index (χ0v) is 8.90. The highest BCUT2D eigenvalue weighted by atomic mass is 16.5. The molecule has 0 aromatic heterocycles. The maximum atomic E-state index is 11.6. The number of rotatable bonds is 2. The van der Waals surface area contributed by atoms with Crippen molar-refractivity contribution in [2.45, 2.75) is 18.8 Å². The number of benzene rings is 1. The van der Waals surface area contributed by atoms with Gasteiger partial charge in [0, 0.05) is 12.0 Å². The van der Waals surface area contributed by atoms with Crippen LogP contribution in [0, 0.1) is 0 Å². The number of methoxy groups -OCH3 is 1. The molecule has 0 bridgehead atoms. The lowest BCUT2D eigenvalue weighted by Crippen LogP contribution is -2.21. The lowest BCUT2D eigenvalue weighted by atomic mass is 9.82. The summed E-state index contributed by atoms with van der Waals surface area (Å²) in [6.07, 6.45) is 0.671. The molecular formula is C12H12O4. The van der Waals surface area contributed by atoms with Crippen molar-refractivity contribution in [2.24, 2.45) is 0 Å². The normalized spacial score (nSPS) is 19.1. The molecule has 16 heavy (non-hydrogen) atoms. The van der Waals surface area contributed by atoms with Gasteiger partial charge in [0.2, 0.25) is 0 Å². The van der Waals surface area contributed by atoms with Crippen molar-refractivity contribution in [1.82, 2.24) is 0 Å². The molecule has 0 amide bonds. The highest BCUT2D eigenvalue weighted by molar-refractivity contribution is 6.01. The van der Waals surface area contributed by atoms with Gasteiger partial charge in [-0.15, -0.1) is 0 Å². The molecule has 0 spiro atoms. The van der Waals surface area contributed by atoms with Crippen LogP contribution in [0.3, 0.4) is 0 Å². The van der Waals surface area contributed by atoms with Crippen LogP contribution in [-0.2, 0) is 4.79 Å². The maximum absolute atomic E-state index is 11.6. The van der Waals surface area contributed by atoms with Gasteiger partial charge in [-0.25, -0.2) is 0 Å². The third-order valence-corrected chi connectivity index (χ3v) is 2.89. The molecule has 0 saturated carbocycles. The van der Waals surface area contributed by atoms with E-state index in [9.17, 15) is 9.59 Å². The first-order valence-electron chi connectivity index (χ1n) is 5.07. The SMILES string of the molecule is COc1ccc2c(c1)C(C(=O)O)CCC2=O. The van der Waals surface area contributed by atoms with Crippen molar-refractivity contribution in [3.05, 3.63) is 29.3 Å². The van der Waals surface area contributed by atoms with Crippen LogP contribution in [0.25, 0.3) is 0 Å². The van der Waals surface area contributed by atoms with Gasteiger partial charge in [0.1, 0.15) is 5.75 Å². The largest absolute Gasteiger partial charge is 0.497 e. The molecule has 0 radical (unpaired) electrons. The van der Waals surface area contributed by atoms with Gasteiger partial charge in [-0.2, -0.15) is 0 Å². The average Bonchev–Trinajstić information content (AvgIpc) is 2.28. The fraction of sp³-hybridized carbons (Fsp3) is 0.333. The fourth-order valence-electron chi connectivity index (χ4n) is 2.03. The Hall–Kier alpha value is -1.84. The summed E-state index contributed by atoms with van der Waals surface area (Å²) in [5.74, 6) is -0.889. The summed E-state index contributed by atoms with van der Waals surface area (Å²) in [7, 11) is 1.52. The number of carbonyl (C=O) groups excluding carboxylic acids is 1. The molecule has 4 heteroatoms. The van der Waals surface area contributed by atoms with Crippen LogP contribution in [0.4, 0.5) is 0 Å². The van der Waals surface area contributed by atoms with Crippen molar-refractivity contribution in [2.75, 3.05) is 7.11 Å². The average molecular weight is 220 g/mol. The molecule has 4 nitrogen and oxygen atoms in total. The maximum Gasteiger partial charge on any atom is 0.311 e. The first-order valence-corrected chi connectivity index (χ1v) is 5.07. The summed E-state index contributed by atoms with van der Waals surface area (Å²) in [5.41, 5.74) is 1.09. The lowest BCUT2D eigenvalue weighted by Gasteiger charge is -2.21. The molecule has 1 aliphatic carbocycles. The number of carboxylic acids is 1. The van der Waals surface area contributed by atoms with Gasteiger partial charge in [0.05, 0.1) is 13.0 Å². The number of Topliss-reactive ketones (excluding diaryl/α,β-unsaturated/α-hetero) is 1. The molecule has 1 aliphatic rings. The minimum absolute atomic E-state index is 0.00940. The van der Waals surface area contributed by atoms with Crippen LogP contribution in [0.15, 0.2) is 18.2 Å². The Balaban J connectivity index is 2.53. The van der Waals surface area contributed by atoms with Crippen LogP contribution in [0.1, 0.15) is 34.7 Å². The second-order valence-corrected chi connectivity index (χ2v) is 3.81. The Labute approximate surface area is 92.8 Å². The summed E-state index contributed by atoms with van der Waals surface area (Å²) in [5, 5.41) is 9.08. The molecule has 1 atom stereocenters. The van der Waals surface area contributed by atoms with Crippen molar-refractivity contribution >= 4 is 11.8 Å². The highest BCUT2D eigenvalue weighted by Crippen LogP contribution is 2.34. The molecular weight excluding hydrogens is 208 g/mol. The van der Waals surface area contributed by atoms with Crippen molar-refractivity contribution in [3.8, 4) is 5.75 Å².